The highest BCUT2D eigenvalue weighted by molar-refractivity contribution is 5.94. The molecule has 0 aromatic carbocycles. The summed E-state index contributed by atoms with van der Waals surface area (Å²) in [4.78, 5) is 28.9. The van der Waals surface area contributed by atoms with Crippen molar-refractivity contribution in [1.82, 2.24) is 19.9 Å². The van der Waals surface area contributed by atoms with Gasteiger partial charge in [0.05, 0.1) is 11.8 Å². The van der Waals surface area contributed by atoms with Crippen LogP contribution >= 0.6 is 0 Å². The van der Waals surface area contributed by atoms with E-state index in [1.807, 2.05) is 24.0 Å². The van der Waals surface area contributed by atoms with Gasteiger partial charge in [0.15, 0.2) is 0 Å². The Hall–Kier alpha value is -2.50. The molecule has 2 aromatic rings. The Morgan fingerprint density at radius 2 is 1.86 bits per heavy atom. The molecule has 6 heteroatoms. The van der Waals surface area contributed by atoms with Crippen LogP contribution in [0.3, 0.4) is 0 Å². The Labute approximate surface area is 123 Å². The number of rotatable bonds is 2. The molecule has 1 aliphatic rings. The van der Waals surface area contributed by atoms with Gasteiger partial charge in [0, 0.05) is 50.5 Å². The van der Waals surface area contributed by atoms with Crippen LogP contribution in [0.4, 0.5) is 5.82 Å². The molecule has 0 N–H and O–H groups in total. The van der Waals surface area contributed by atoms with Crippen LogP contribution in [0.5, 0.6) is 0 Å². The lowest BCUT2D eigenvalue weighted by Crippen LogP contribution is -2.49. The van der Waals surface area contributed by atoms with Gasteiger partial charge in [-0.2, -0.15) is 0 Å². The van der Waals surface area contributed by atoms with Crippen molar-refractivity contribution in [1.29, 1.82) is 0 Å². The molecule has 0 aliphatic carbocycles. The van der Waals surface area contributed by atoms with Gasteiger partial charge in [0.25, 0.3) is 5.91 Å². The van der Waals surface area contributed by atoms with Gasteiger partial charge < -0.3 is 9.80 Å². The zero-order chi connectivity index (χ0) is 14.7. The summed E-state index contributed by atoms with van der Waals surface area (Å²) in [6.07, 6.45) is 6.74. The van der Waals surface area contributed by atoms with Gasteiger partial charge in [-0.15, -0.1) is 0 Å². The number of pyridine rings is 1. The average Bonchev–Trinajstić information content (AvgIpc) is 2.56. The van der Waals surface area contributed by atoms with E-state index in [2.05, 4.69) is 19.9 Å². The zero-order valence-corrected chi connectivity index (χ0v) is 11.9. The second-order valence-electron chi connectivity index (χ2n) is 5.03. The van der Waals surface area contributed by atoms with E-state index < -0.39 is 0 Å². The molecule has 1 aliphatic heterocycles. The van der Waals surface area contributed by atoms with Crippen LogP contribution in [0.25, 0.3) is 0 Å². The van der Waals surface area contributed by atoms with Crippen molar-refractivity contribution >= 4 is 11.7 Å². The number of nitrogens with zero attached hydrogens (tertiary/aromatic N) is 5. The van der Waals surface area contributed by atoms with E-state index in [0.717, 1.165) is 24.6 Å². The second kappa shape index (κ2) is 5.87. The summed E-state index contributed by atoms with van der Waals surface area (Å²) in [7, 11) is 0. The van der Waals surface area contributed by atoms with Crippen LogP contribution in [0, 0.1) is 6.92 Å². The highest BCUT2D eigenvalue weighted by Crippen LogP contribution is 2.13. The van der Waals surface area contributed by atoms with Crippen molar-refractivity contribution in [3.63, 3.8) is 0 Å². The molecule has 21 heavy (non-hydrogen) atoms. The van der Waals surface area contributed by atoms with Crippen molar-refractivity contribution in [2.75, 3.05) is 31.1 Å². The van der Waals surface area contributed by atoms with Crippen LogP contribution in [0.15, 0.2) is 36.9 Å². The highest BCUT2D eigenvalue weighted by atomic mass is 16.2. The lowest BCUT2D eigenvalue weighted by Gasteiger charge is -2.35. The Morgan fingerprint density at radius 1 is 1.05 bits per heavy atom. The monoisotopic (exact) mass is 283 g/mol. The predicted octanol–water partition coefficient (Wildman–Crippen LogP) is 1.14. The predicted molar refractivity (Wildman–Crippen MR) is 79.1 cm³/mol. The number of piperazine rings is 1. The van der Waals surface area contributed by atoms with E-state index in [-0.39, 0.29) is 5.91 Å². The molecule has 0 unspecified atom stereocenters. The topological polar surface area (TPSA) is 62.2 Å². The van der Waals surface area contributed by atoms with Gasteiger partial charge in [-0.1, -0.05) is 0 Å². The maximum absolute atomic E-state index is 12.4. The summed E-state index contributed by atoms with van der Waals surface area (Å²) in [6.45, 7) is 4.81. The third kappa shape index (κ3) is 2.99. The molecule has 3 heterocycles. The Bertz CT molecular complexity index is 606. The molecule has 0 bridgehead atoms. The second-order valence-corrected chi connectivity index (χ2v) is 5.03. The molecule has 1 saturated heterocycles. The fourth-order valence-corrected chi connectivity index (χ4v) is 2.37. The summed E-state index contributed by atoms with van der Waals surface area (Å²) in [5.41, 5.74) is 1.56. The van der Waals surface area contributed by atoms with Gasteiger partial charge in [-0.05, 0) is 19.1 Å². The average molecular weight is 283 g/mol. The third-order valence-corrected chi connectivity index (χ3v) is 3.60. The first-order valence-corrected chi connectivity index (χ1v) is 6.97. The van der Waals surface area contributed by atoms with E-state index in [1.165, 1.54) is 0 Å². The largest absolute Gasteiger partial charge is 0.352 e. The van der Waals surface area contributed by atoms with Crippen molar-refractivity contribution in [2.45, 2.75) is 6.92 Å². The van der Waals surface area contributed by atoms with Crippen LogP contribution in [0.1, 0.15) is 16.1 Å². The molecule has 0 radical (unpaired) electrons. The molecule has 0 atom stereocenters. The standard InChI is InChI=1S/C15H17N5O/c1-12-2-3-13(10-18-12)15(21)20-8-6-19(7-9-20)14-11-16-4-5-17-14/h2-5,10-11H,6-9H2,1H3. The van der Waals surface area contributed by atoms with Crippen molar-refractivity contribution in [2.24, 2.45) is 0 Å². The quantitative estimate of drug-likeness (QED) is 0.827. The van der Waals surface area contributed by atoms with Crippen LogP contribution in [-0.2, 0) is 0 Å². The number of aromatic nitrogens is 3. The first-order chi connectivity index (χ1) is 10.2. The number of carbonyl (C=O) groups excluding carboxylic acids is 1. The highest BCUT2D eigenvalue weighted by Gasteiger charge is 2.22. The van der Waals surface area contributed by atoms with Crippen LogP contribution < -0.4 is 4.90 Å². The summed E-state index contributed by atoms with van der Waals surface area (Å²) in [5, 5.41) is 0. The SMILES string of the molecule is Cc1ccc(C(=O)N2CCN(c3cnccn3)CC2)cn1. The van der Waals surface area contributed by atoms with Gasteiger partial charge in [0.1, 0.15) is 5.82 Å². The van der Waals surface area contributed by atoms with E-state index in [4.69, 9.17) is 0 Å². The number of anilines is 1. The minimum atomic E-state index is 0.0429. The third-order valence-electron chi connectivity index (χ3n) is 3.60. The van der Waals surface area contributed by atoms with Gasteiger partial charge in [-0.25, -0.2) is 4.98 Å². The first kappa shape index (κ1) is 13.5. The first-order valence-electron chi connectivity index (χ1n) is 6.97. The van der Waals surface area contributed by atoms with Crippen molar-refractivity contribution < 1.29 is 4.79 Å². The molecule has 0 spiro atoms. The molecular weight excluding hydrogens is 266 g/mol. The number of aryl methyl sites for hydroxylation is 1. The molecule has 108 valence electrons. The summed E-state index contributed by atoms with van der Waals surface area (Å²) < 4.78 is 0. The molecule has 6 nitrogen and oxygen atoms in total. The van der Waals surface area contributed by atoms with Gasteiger partial charge in [0.2, 0.25) is 0 Å². The van der Waals surface area contributed by atoms with E-state index in [0.29, 0.717) is 18.7 Å². The van der Waals surface area contributed by atoms with E-state index >= 15 is 0 Å². The van der Waals surface area contributed by atoms with E-state index in [9.17, 15) is 4.79 Å². The zero-order valence-electron chi connectivity index (χ0n) is 11.9. The van der Waals surface area contributed by atoms with Crippen molar-refractivity contribution in [3.8, 4) is 0 Å². The lowest BCUT2D eigenvalue weighted by atomic mass is 10.2. The van der Waals surface area contributed by atoms with Crippen LogP contribution in [0.2, 0.25) is 0 Å². The smallest absolute Gasteiger partial charge is 0.255 e. The molecule has 1 fully saturated rings. The normalized spacial score (nSPS) is 15.1. The lowest BCUT2D eigenvalue weighted by molar-refractivity contribution is 0.0746. The van der Waals surface area contributed by atoms with Crippen molar-refractivity contribution in [3.05, 3.63) is 48.2 Å². The molecule has 3 rings (SSSR count). The maximum atomic E-state index is 12.4. The molecule has 2 aromatic heterocycles. The number of amides is 1. The number of carbonyl (C=O) groups is 1. The van der Waals surface area contributed by atoms with Gasteiger partial charge in [-0.3, -0.25) is 14.8 Å². The minimum absolute atomic E-state index is 0.0429. The fourth-order valence-electron chi connectivity index (χ4n) is 2.37. The summed E-state index contributed by atoms with van der Waals surface area (Å²) in [6, 6.07) is 3.70. The molecular formula is C15H17N5O. The minimum Gasteiger partial charge on any atom is -0.352 e. The number of hydrogen-bond acceptors (Lipinski definition) is 5. The number of hydrogen-bond donors (Lipinski definition) is 0. The fraction of sp³-hybridized carbons (Fsp3) is 0.333. The van der Waals surface area contributed by atoms with Crippen LogP contribution in [-0.4, -0.2) is 51.9 Å². The van der Waals surface area contributed by atoms with E-state index in [1.54, 1.807) is 24.8 Å². The van der Waals surface area contributed by atoms with Gasteiger partial charge >= 0.3 is 0 Å². The maximum Gasteiger partial charge on any atom is 0.255 e. The molecule has 1 amide bonds. The summed E-state index contributed by atoms with van der Waals surface area (Å²) >= 11 is 0. The summed E-state index contributed by atoms with van der Waals surface area (Å²) in [5.74, 6) is 0.905. The Morgan fingerprint density at radius 3 is 2.48 bits per heavy atom. The Kier molecular flexibility index (Phi) is 3.77. The molecule has 0 saturated carbocycles. The Balaban J connectivity index is 1.63.